The summed E-state index contributed by atoms with van der Waals surface area (Å²) in [5.41, 5.74) is 0. The molecule has 0 N–H and O–H groups in total. The smallest absolute Gasteiger partial charge is 0.341 e. The molecule has 2 heterocycles. The third kappa shape index (κ3) is 2.03. The molecule has 0 radical (unpaired) electrons. The third-order valence-corrected chi connectivity index (χ3v) is 1.73. The van der Waals surface area contributed by atoms with Crippen molar-refractivity contribution in [2.24, 2.45) is 7.05 Å². The topological polar surface area (TPSA) is 52.8 Å². The first-order chi connectivity index (χ1) is 7.99. The molecular weight excluding hydrogens is 244 g/mol. The van der Waals surface area contributed by atoms with Crippen LogP contribution in [-0.4, -0.2) is 19.7 Å². The molecule has 0 atom stereocenters. The molecule has 0 fully saturated rings. The molecule has 0 aliphatic heterocycles. The van der Waals surface area contributed by atoms with E-state index in [9.17, 15) is 17.6 Å². The van der Waals surface area contributed by atoms with Gasteiger partial charge in [-0.3, -0.25) is 4.68 Å². The molecule has 0 saturated carbocycles. The lowest BCUT2D eigenvalue weighted by Gasteiger charge is -2.04. The summed E-state index contributed by atoms with van der Waals surface area (Å²) < 4.78 is 57.3. The Labute approximate surface area is 91.7 Å². The lowest BCUT2D eigenvalue weighted by Crippen LogP contribution is -2.04. The summed E-state index contributed by atoms with van der Waals surface area (Å²) >= 11 is 0. The zero-order chi connectivity index (χ0) is 12.6. The van der Waals surface area contributed by atoms with E-state index in [1.54, 1.807) is 0 Å². The van der Waals surface area contributed by atoms with E-state index in [-0.39, 0.29) is 0 Å². The van der Waals surface area contributed by atoms with E-state index in [2.05, 4.69) is 19.8 Å². The molecule has 0 aromatic carbocycles. The van der Waals surface area contributed by atoms with Crippen LogP contribution in [0.5, 0.6) is 11.8 Å². The minimum Gasteiger partial charge on any atom is -0.417 e. The highest BCUT2D eigenvalue weighted by Crippen LogP contribution is 2.27. The molecule has 9 heteroatoms. The van der Waals surface area contributed by atoms with Crippen molar-refractivity contribution in [2.45, 2.75) is 0 Å². The Balaban J connectivity index is 2.45. The number of pyridine rings is 1. The number of aryl methyl sites for hydroxylation is 1. The molecule has 2 rings (SSSR count). The summed E-state index contributed by atoms with van der Waals surface area (Å²) in [5, 5.41) is 3.53. The van der Waals surface area contributed by atoms with Gasteiger partial charge in [0.1, 0.15) is 6.33 Å². The molecule has 0 aliphatic rings. The zero-order valence-electron chi connectivity index (χ0n) is 8.29. The fourth-order valence-corrected chi connectivity index (χ4v) is 1.02. The summed E-state index contributed by atoms with van der Waals surface area (Å²) in [5.74, 6) is -8.40. The van der Waals surface area contributed by atoms with Crippen LogP contribution in [0.4, 0.5) is 17.6 Å². The van der Waals surface area contributed by atoms with Crippen molar-refractivity contribution in [3.63, 3.8) is 0 Å². The highest BCUT2D eigenvalue weighted by atomic mass is 19.2. The first-order valence-corrected chi connectivity index (χ1v) is 4.22. The maximum absolute atomic E-state index is 13.1. The largest absolute Gasteiger partial charge is 0.417 e. The normalized spacial score (nSPS) is 10.6. The molecule has 0 unspecified atom stereocenters. The van der Waals surface area contributed by atoms with Gasteiger partial charge >= 0.3 is 6.01 Å². The lowest BCUT2D eigenvalue weighted by molar-refractivity contribution is 0.331. The van der Waals surface area contributed by atoms with E-state index >= 15 is 0 Å². The van der Waals surface area contributed by atoms with Gasteiger partial charge in [0, 0.05) is 7.05 Å². The van der Waals surface area contributed by atoms with Crippen LogP contribution in [0.1, 0.15) is 0 Å². The minimum atomic E-state index is -1.81. The van der Waals surface area contributed by atoms with Crippen molar-refractivity contribution >= 4 is 0 Å². The second-order valence-corrected chi connectivity index (χ2v) is 2.95. The van der Waals surface area contributed by atoms with Crippen molar-refractivity contribution in [1.82, 2.24) is 19.7 Å². The van der Waals surface area contributed by atoms with Crippen LogP contribution in [0.2, 0.25) is 0 Å². The number of nitrogens with zero attached hydrogens (tertiary/aromatic N) is 4. The summed E-state index contributed by atoms with van der Waals surface area (Å²) in [4.78, 5) is 5.85. The Morgan fingerprint density at radius 3 is 2.18 bits per heavy atom. The molecular formula is C8H4F4N4O. The zero-order valence-corrected chi connectivity index (χ0v) is 8.29. The van der Waals surface area contributed by atoms with Gasteiger partial charge in [-0.25, -0.2) is 0 Å². The predicted octanol–water partition coefficient (Wildman–Crippen LogP) is 1.56. The summed E-state index contributed by atoms with van der Waals surface area (Å²) in [6.07, 6.45) is 1.18. The van der Waals surface area contributed by atoms with Crippen LogP contribution in [0.25, 0.3) is 0 Å². The number of halogens is 4. The van der Waals surface area contributed by atoms with Crippen LogP contribution in [0.3, 0.4) is 0 Å². The quantitative estimate of drug-likeness (QED) is 0.597. The van der Waals surface area contributed by atoms with Crippen LogP contribution >= 0.6 is 0 Å². The van der Waals surface area contributed by atoms with Crippen LogP contribution in [0.15, 0.2) is 6.33 Å². The third-order valence-electron chi connectivity index (χ3n) is 1.73. The number of aromatic nitrogens is 4. The standard InChI is InChI=1S/C8H4F4N4O/c1-16-2-13-8(15-16)17-5-3(9)6(11)14-7(12)4(5)10/h2H,1H3. The Kier molecular flexibility index (Phi) is 2.66. The van der Waals surface area contributed by atoms with E-state index in [0.717, 1.165) is 0 Å². The first kappa shape index (κ1) is 11.3. The van der Waals surface area contributed by atoms with Gasteiger partial charge in [0.25, 0.3) is 11.9 Å². The van der Waals surface area contributed by atoms with E-state index in [0.29, 0.717) is 0 Å². The fourth-order valence-electron chi connectivity index (χ4n) is 1.02. The van der Waals surface area contributed by atoms with Crippen molar-refractivity contribution in [1.29, 1.82) is 0 Å². The van der Waals surface area contributed by atoms with E-state index in [4.69, 9.17) is 0 Å². The Hall–Kier alpha value is -2.19. The van der Waals surface area contributed by atoms with Gasteiger partial charge in [0.2, 0.25) is 17.4 Å². The van der Waals surface area contributed by atoms with E-state index < -0.39 is 35.3 Å². The SMILES string of the molecule is Cn1cnc(Oc2c(F)c(F)nc(F)c2F)n1. The van der Waals surface area contributed by atoms with Crippen molar-refractivity contribution in [2.75, 3.05) is 0 Å². The molecule has 2 aromatic rings. The van der Waals surface area contributed by atoms with Crippen LogP contribution < -0.4 is 4.74 Å². The molecule has 0 aliphatic carbocycles. The predicted molar refractivity (Wildman–Crippen MR) is 45.1 cm³/mol. The summed E-state index contributed by atoms with van der Waals surface area (Å²) in [6, 6.07) is -0.449. The van der Waals surface area contributed by atoms with Gasteiger partial charge in [0.05, 0.1) is 0 Å². The Morgan fingerprint density at radius 1 is 1.12 bits per heavy atom. The molecule has 5 nitrogen and oxygen atoms in total. The number of ether oxygens (including phenoxy) is 1. The highest BCUT2D eigenvalue weighted by Gasteiger charge is 2.23. The van der Waals surface area contributed by atoms with Gasteiger partial charge in [-0.05, 0) is 0 Å². The highest BCUT2D eigenvalue weighted by molar-refractivity contribution is 5.26. The number of rotatable bonds is 2. The summed E-state index contributed by atoms with van der Waals surface area (Å²) in [6.45, 7) is 0. The van der Waals surface area contributed by atoms with Crippen LogP contribution in [-0.2, 0) is 7.05 Å². The Bertz CT molecular complexity index is 545. The van der Waals surface area contributed by atoms with Gasteiger partial charge in [-0.2, -0.15) is 27.5 Å². The maximum Gasteiger partial charge on any atom is 0.341 e. The molecule has 0 amide bonds. The van der Waals surface area contributed by atoms with Crippen LogP contribution in [0, 0.1) is 23.5 Å². The molecule has 0 saturated heterocycles. The van der Waals surface area contributed by atoms with Gasteiger partial charge in [0.15, 0.2) is 0 Å². The fraction of sp³-hybridized carbons (Fsp3) is 0.125. The minimum absolute atomic E-state index is 0.449. The molecule has 17 heavy (non-hydrogen) atoms. The second kappa shape index (κ2) is 4.00. The van der Waals surface area contributed by atoms with Crippen molar-refractivity contribution in [3.8, 4) is 11.8 Å². The van der Waals surface area contributed by atoms with Gasteiger partial charge in [-0.1, -0.05) is 0 Å². The van der Waals surface area contributed by atoms with Crippen molar-refractivity contribution < 1.29 is 22.3 Å². The molecule has 2 aromatic heterocycles. The maximum atomic E-state index is 13.1. The van der Waals surface area contributed by atoms with Gasteiger partial charge in [-0.15, -0.1) is 5.10 Å². The molecule has 90 valence electrons. The Morgan fingerprint density at radius 2 is 1.71 bits per heavy atom. The van der Waals surface area contributed by atoms with Crippen molar-refractivity contribution in [3.05, 3.63) is 29.9 Å². The lowest BCUT2D eigenvalue weighted by atomic mass is 10.4. The number of hydrogen-bond donors (Lipinski definition) is 0. The van der Waals surface area contributed by atoms with E-state index in [1.165, 1.54) is 18.1 Å². The monoisotopic (exact) mass is 248 g/mol. The molecule has 0 spiro atoms. The first-order valence-electron chi connectivity index (χ1n) is 4.22. The van der Waals surface area contributed by atoms with E-state index in [1.807, 2.05) is 0 Å². The number of hydrogen-bond acceptors (Lipinski definition) is 4. The molecule has 0 bridgehead atoms. The average Bonchev–Trinajstić information content (AvgIpc) is 2.68. The summed E-state index contributed by atoms with van der Waals surface area (Å²) in [7, 11) is 1.47. The second-order valence-electron chi connectivity index (χ2n) is 2.95. The van der Waals surface area contributed by atoms with Gasteiger partial charge < -0.3 is 4.74 Å². The average molecular weight is 248 g/mol.